The fraction of sp³-hybridized carbons (Fsp3) is 0.167. The van der Waals surface area contributed by atoms with Gasteiger partial charge in [-0.1, -0.05) is 54.1 Å². The highest BCUT2D eigenvalue weighted by Crippen LogP contribution is 2.41. The zero-order valence-electron chi connectivity index (χ0n) is 16.5. The van der Waals surface area contributed by atoms with Crippen LogP contribution in [0, 0.1) is 12.7 Å². The molecule has 1 unspecified atom stereocenters. The number of H-pyrrole nitrogens is 1. The third-order valence-electron chi connectivity index (χ3n) is 5.79. The van der Waals surface area contributed by atoms with Crippen molar-refractivity contribution >= 4 is 20.9 Å². The number of aryl methyl sites for hydroxylation is 1. The average molecular weight is 421 g/mol. The first-order chi connectivity index (χ1) is 14.4. The second-order valence-corrected chi connectivity index (χ2v) is 9.59. The number of nitrogens with zero attached hydrogens (tertiary/aromatic N) is 1. The fourth-order valence-electron chi connectivity index (χ4n) is 4.32. The fourth-order valence-corrected chi connectivity index (χ4v) is 5.94. The Morgan fingerprint density at radius 2 is 1.77 bits per heavy atom. The van der Waals surface area contributed by atoms with E-state index in [4.69, 9.17) is 0 Å². The number of para-hydroxylation sites is 1. The highest BCUT2D eigenvalue weighted by atomic mass is 32.2. The largest absolute Gasteiger partial charge is 0.357 e. The molecule has 0 radical (unpaired) electrons. The van der Waals surface area contributed by atoms with Crippen LogP contribution >= 0.6 is 0 Å². The summed E-state index contributed by atoms with van der Waals surface area (Å²) in [4.78, 5) is 3.44. The number of hydrogen-bond acceptors (Lipinski definition) is 2. The van der Waals surface area contributed by atoms with E-state index >= 15 is 0 Å². The van der Waals surface area contributed by atoms with Gasteiger partial charge in [0.1, 0.15) is 5.82 Å². The summed E-state index contributed by atoms with van der Waals surface area (Å²) < 4.78 is 42.4. The number of halogens is 1. The standard InChI is InChI=1S/C24H21FN2O2S/c1-16-9-11-17(12-10-16)24-23-21(20-7-2-3-8-22(20)26-23)13-14-27(24)30(28,29)19-6-4-5-18(25)15-19/h2-12,15,24,26H,13-14H2,1H3. The minimum Gasteiger partial charge on any atom is -0.357 e. The first-order valence-corrected chi connectivity index (χ1v) is 11.3. The molecule has 5 rings (SSSR count). The monoisotopic (exact) mass is 420 g/mol. The van der Waals surface area contributed by atoms with Gasteiger partial charge in [-0.3, -0.25) is 0 Å². The molecule has 3 aromatic carbocycles. The van der Waals surface area contributed by atoms with Crippen LogP contribution in [-0.2, 0) is 16.4 Å². The molecule has 1 aliphatic rings. The lowest BCUT2D eigenvalue weighted by molar-refractivity contribution is 0.340. The van der Waals surface area contributed by atoms with Crippen LogP contribution < -0.4 is 0 Å². The summed E-state index contributed by atoms with van der Waals surface area (Å²) >= 11 is 0. The molecule has 0 amide bonds. The highest BCUT2D eigenvalue weighted by Gasteiger charge is 2.39. The summed E-state index contributed by atoms with van der Waals surface area (Å²) in [6, 6.07) is 20.6. The van der Waals surface area contributed by atoms with Gasteiger partial charge in [-0.2, -0.15) is 4.31 Å². The van der Waals surface area contributed by atoms with Crippen molar-refractivity contribution in [2.75, 3.05) is 6.54 Å². The molecule has 1 aliphatic heterocycles. The summed E-state index contributed by atoms with van der Waals surface area (Å²) in [5, 5.41) is 1.12. The number of aromatic nitrogens is 1. The van der Waals surface area contributed by atoms with Gasteiger partial charge in [0.25, 0.3) is 0 Å². The van der Waals surface area contributed by atoms with E-state index in [1.807, 2.05) is 49.4 Å². The van der Waals surface area contributed by atoms with Crippen LogP contribution in [0.5, 0.6) is 0 Å². The van der Waals surface area contributed by atoms with Crippen molar-refractivity contribution < 1.29 is 12.8 Å². The van der Waals surface area contributed by atoms with Crippen molar-refractivity contribution in [3.05, 3.63) is 101 Å². The Labute approximate surface area is 175 Å². The molecular weight excluding hydrogens is 399 g/mol. The summed E-state index contributed by atoms with van der Waals surface area (Å²) in [6.07, 6.45) is 0.594. The normalized spacial score (nSPS) is 17.2. The third-order valence-corrected chi connectivity index (χ3v) is 7.65. The Balaban J connectivity index is 1.72. The van der Waals surface area contributed by atoms with Gasteiger partial charge in [-0.15, -0.1) is 0 Å². The third kappa shape index (κ3) is 3.04. The van der Waals surface area contributed by atoms with Gasteiger partial charge in [0.05, 0.1) is 10.9 Å². The predicted octanol–water partition coefficient (Wildman–Crippen LogP) is 4.95. The lowest BCUT2D eigenvalue weighted by Crippen LogP contribution is -2.40. The minimum atomic E-state index is -3.90. The first-order valence-electron chi connectivity index (χ1n) is 9.88. The average Bonchev–Trinajstić information content (AvgIpc) is 3.12. The number of aromatic amines is 1. The Morgan fingerprint density at radius 3 is 2.53 bits per heavy atom. The van der Waals surface area contributed by atoms with Crippen molar-refractivity contribution in [1.82, 2.24) is 9.29 Å². The second-order valence-electron chi connectivity index (χ2n) is 7.70. The van der Waals surface area contributed by atoms with E-state index < -0.39 is 21.9 Å². The molecule has 30 heavy (non-hydrogen) atoms. The van der Waals surface area contributed by atoms with Gasteiger partial charge in [0.15, 0.2) is 0 Å². The van der Waals surface area contributed by atoms with Crippen LogP contribution in [0.15, 0.2) is 77.7 Å². The smallest absolute Gasteiger partial charge is 0.244 e. The van der Waals surface area contributed by atoms with Crippen molar-refractivity contribution in [3.63, 3.8) is 0 Å². The summed E-state index contributed by atoms with van der Waals surface area (Å²) in [5.41, 5.74) is 5.00. The Morgan fingerprint density at radius 1 is 1.00 bits per heavy atom. The molecule has 152 valence electrons. The second kappa shape index (κ2) is 7.07. The van der Waals surface area contributed by atoms with Crippen molar-refractivity contribution in [2.24, 2.45) is 0 Å². The molecule has 6 heteroatoms. The molecule has 0 aliphatic carbocycles. The SMILES string of the molecule is Cc1ccc(C2c3[nH]c4ccccc4c3CCN2S(=O)(=O)c2cccc(F)c2)cc1. The predicted molar refractivity (Wildman–Crippen MR) is 115 cm³/mol. The molecule has 4 aromatic rings. The zero-order chi connectivity index (χ0) is 20.9. The van der Waals surface area contributed by atoms with Crippen LogP contribution in [0.2, 0.25) is 0 Å². The maximum Gasteiger partial charge on any atom is 0.244 e. The van der Waals surface area contributed by atoms with Crippen LogP contribution in [0.4, 0.5) is 4.39 Å². The number of benzene rings is 3. The highest BCUT2D eigenvalue weighted by molar-refractivity contribution is 7.89. The quantitative estimate of drug-likeness (QED) is 0.510. The van der Waals surface area contributed by atoms with E-state index in [9.17, 15) is 12.8 Å². The number of hydrogen-bond donors (Lipinski definition) is 1. The Kier molecular flexibility index (Phi) is 4.49. The Bertz CT molecular complexity index is 1340. The zero-order valence-corrected chi connectivity index (χ0v) is 17.3. The van der Waals surface area contributed by atoms with Gasteiger partial charge in [-0.05, 0) is 48.7 Å². The molecule has 1 aromatic heterocycles. The lowest BCUT2D eigenvalue weighted by atomic mass is 9.94. The number of rotatable bonds is 3. The van der Waals surface area contributed by atoms with Gasteiger partial charge in [-0.25, -0.2) is 12.8 Å². The van der Waals surface area contributed by atoms with E-state index in [-0.39, 0.29) is 4.90 Å². The van der Waals surface area contributed by atoms with Crippen LogP contribution in [-0.4, -0.2) is 24.3 Å². The molecule has 0 saturated heterocycles. The number of nitrogens with one attached hydrogen (secondary N) is 1. The maximum absolute atomic E-state index is 13.8. The Hall–Kier alpha value is -2.96. The van der Waals surface area contributed by atoms with E-state index in [1.54, 1.807) is 0 Å². The van der Waals surface area contributed by atoms with Crippen LogP contribution in [0.3, 0.4) is 0 Å². The van der Waals surface area contributed by atoms with E-state index in [2.05, 4.69) is 11.1 Å². The summed E-state index contributed by atoms with van der Waals surface area (Å²) in [5.74, 6) is -0.564. The van der Waals surface area contributed by atoms with Gasteiger partial charge in [0.2, 0.25) is 10.0 Å². The minimum absolute atomic E-state index is 0.0285. The molecule has 1 atom stereocenters. The van der Waals surface area contributed by atoms with E-state index in [0.29, 0.717) is 13.0 Å². The van der Waals surface area contributed by atoms with Crippen molar-refractivity contribution in [1.29, 1.82) is 0 Å². The van der Waals surface area contributed by atoms with Crippen molar-refractivity contribution in [2.45, 2.75) is 24.3 Å². The first kappa shape index (κ1) is 19.0. The van der Waals surface area contributed by atoms with Crippen LogP contribution in [0.25, 0.3) is 10.9 Å². The topological polar surface area (TPSA) is 53.2 Å². The molecule has 0 fully saturated rings. The molecular formula is C24H21FN2O2S. The van der Waals surface area contributed by atoms with Crippen LogP contribution in [0.1, 0.15) is 28.4 Å². The lowest BCUT2D eigenvalue weighted by Gasteiger charge is -2.35. The van der Waals surface area contributed by atoms with Gasteiger partial charge in [0, 0.05) is 23.1 Å². The van der Waals surface area contributed by atoms with E-state index in [0.717, 1.165) is 39.4 Å². The molecule has 4 nitrogen and oxygen atoms in total. The molecule has 0 bridgehead atoms. The molecule has 1 N–H and O–H groups in total. The van der Waals surface area contributed by atoms with Crippen molar-refractivity contribution in [3.8, 4) is 0 Å². The van der Waals surface area contributed by atoms with Gasteiger partial charge >= 0.3 is 0 Å². The van der Waals surface area contributed by atoms with Gasteiger partial charge < -0.3 is 4.98 Å². The molecule has 2 heterocycles. The maximum atomic E-state index is 13.8. The van der Waals surface area contributed by atoms with E-state index in [1.165, 1.54) is 22.5 Å². The number of sulfonamides is 1. The molecule has 0 saturated carbocycles. The number of fused-ring (bicyclic) bond motifs is 3. The summed E-state index contributed by atoms with van der Waals surface area (Å²) in [7, 11) is -3.90. The summed E-state index contributed by atoms with van der Waals surface area (Å²) in [6.45, 7) is 2.33. The molecule has 0 spiro atoms.